The molecule has 6 heteroatoms. The van der Waals surface area contributed by atoms with E-state index >= 15 is 0 Å². The number of aromatic amines is 1. The van der Waals surface area contributed by atoms with Crippen LogP contribution < -0.4 is 15.5 Å². The van der Waals surface area contributed by atoms with E-state index in [-0.39, 0.29) is 30.3 Å². The summed E-state index contributed by atoms with van der Waals surface area (Å²) in [5, 5.41) is 11.5. The van der Waals surface area contributed by atoms with Crippen molar-refractivity contribution in [1.82, 2.24) is 4.98 Å². The lowest BCUT2D eigenvalue weighted by atomic mass is 10.2. The first-order chi connectivity index (χ1) is 10.1. The Morgan fingerprint density at radius 1 is 1.33 bits per heavy atom. The van der Waals surface area contributed by atoms with Crippen LogP contribution in [0, 0.1) is 6.92 Å². The topological polar surface area (TPSA) is 91.4 Å². The van der Waals surface area contributed by atoms with Gasteiger partial charge >= 0.3 is 0 Å². The molecule has 1 amide bonds. The first-order valence-corrected chi connectivity index (χ1v) is 6.40. The van der Waals surface area contributed by atoms with Crippen molar-refractivity contribution in [2.24, 2.45) is 0 Å². The maximum absolute atomic E-state index is 11.7. The number of aromatic nitrogens is 1. The zero-order valence-electron chi connectivity index (χ0n) is 11.6. The average Bonchev–Trinajstić information content (AvgIpc) is 2.48. The van der Waals surface area contributed by atoms with Gasteiger partial charge in [-0.25, -0.2) is 0 Å². The molecule has 0 radical (unpaired) electrons. The van der Waals surface area contributed by atoms with Gasteiger partial charge < -0.3 is 20.1 Å². The number of hydrogen-bond donors (Lipinski definition) is 3. The summed E-state index contributed by atoms with van der Waals surface area (Å²) in [4.78, 5) is 26.0. The summed E-state index contributed by atoms with van der Waals surface area (Å²) >= 11 is 0. The van der Waals surface area contributed by atoms with Gasteiger partial charge in [0.15, 0.2) is 12.4 Å². The van der Waals surface area contributed by atoms with Crippen LogP contribution in [-0.4, -0.2) is 22.6 Å². The van der Waals surface area contributed by atoms with Crippen LogP contribution >= 0.6 is 0 Å². The highest BCUT2D eigenvalue weighted by Gasteiger charge is 2.06. The third kappa shape index (κ3) is 4.19. The lowest BCUT2D eigenvalue weighted by Crippen LogP contribution is -2.22. The largest absolute Gasteiger partial charge is 0.478 e. The van der Waals surface area contributed by atoms with Crippen LogP contribution in [0.25, 0.3) is 0 Å². The minimum Gasteiger partial charge on any atom is -0.478 e. The molecule has 1 heterocycles. The normalized spacial score (nSPS) is 10.2. The number of carbonyl (C=O) groups excluding carboxylic acids is 1. The second kappa shape index (κ2) is 6.71. The fourth-order valence-electron chi connectivity index (χ4n) is 1.68. The summed E-state index contributed by atoms with van der Waals surface area (Å²) in [5.74, 6) is -0.323. The van der Waals surface area contributed by atoms with Crippen LogP contribution in [-0.2, 0) is 11.4 Å². The molecule has 0 unspecified atom stereocenters. The van der Waals surface area contributed by atoms with Gasteiger partial charge in [-0.1, -0.05) is 17.7 Å². The number of amides is 1. The molecule has 2 aromatic rings. The summed E-state index contributed by atoms with van der Waals surface area (Å²) < 4.78 is 5.16. The number of aliphatic hydroxyl groups is 1. The first kappa shape index (κ1) is 14.8. The van der Waals surface area contributed by atoms with Gasteiger partial charge in [-0.3, -0.25) is 9.59 Å². The smallest absolute Gasteiger partial charge is 0.262 e. The lowest BCUT2D eigenvalue weighted by Gasteiger charge is -2.07. The molecule has 21 heavy (non-hydrogen) atoms. The van der Waals surface area contributed by atoms with Crippen LogP contribution in [0.4, 0.5) is 5.69 Å². The fraction of sp³-hybridized carbons (Fsp3) is 0.200. The number of carbonyl (C=O) groups is 1. The van der Waals surface area contributed by atoms with E-state index in [2.05, 4.69) is 10.3 Å². The predicted molar refractivity (Wildman–Crippen MR) is 78.3 cm³/mol. The Hall–Kier alpha value is -2.60. The minimum absolute atomic E-state index is 0.0336. The van der Waals surface area contributed by atoms with Crippen molar-refractivity contribution < 1.29 is 14.6 Å². The van der Waals surface area contributed by atoms with Crippen molar-refractivity contribution in [3.8, 4) is 5.75 Å². The quantitative estimate of drug-likeness (QED) is 0.770. The molecule has 0 saturated carbocycles. The second-order valence-corrected chi connectivity index (χ2v) is 4.55. The summed E-state index contributed by atoms with van der Waals surface area (Å²) in [6.07, 6.45) is 1.33. The summed E-state index contributed by atoms with van der Waals surface area (Å²) in [7, 11) is 0. The monoisotopic (exact) mass is 288 g/mol. The van der Waals surface area contributed by atoms with Crippen LogP contribution in [0.3, 0.4) is 0 Å². The SMILES string of the molecule is Cc1ccc(NC(=O)COc2c[nH]c(CO)cc2=O)cc1. The Kier molecular flexibility index (Phi) is 4.73. The lowest BCUT2D eigenvalue weighted by molar-refractivity contribution is -0.118. The highest BCUT2D eigenvalue weighted by atomic mass is 16.5. The number of rotatable bonds is 5. The number of anilines is 1. The molecule has 0 aliphatic rings. The maximum Gasteiger partial charge on any atom is 0.262 e. The van der Waals surface area contributed by atoms with E-state index in [1.807, 2.05) is 19.1 Å². The number of aryl methyl sites for hydroxylation is 1. The summed E-state index contributed by atoms with van der Waals surface area (Å²) in [6, 6.07) is 8.57. The van der Waals surface area contributed by atoms with Crippen LogP contribution in [0.15, 0.2) is 41.3 Å². The molecule has 3 N–H and O–H groups in total. The molecule has 0 atom stereocenters. The van der Waals surface area contributed by atoms with Gasteiger partial charge in [0.25, 0.3) is 5.91 Å². The molecule has 0 spiro atoms. The van der Waals surface area contributed by atoms with Gasteiger partial charge in [0, 0.05) is 23.6 Å². The zero-order valence-corrected chi connectivity index (χ0v) is 11.6. The highest BCUT2D eigenvalue weighted by Crippen LogP contribution is 2.08. The maximum atomic E-state index is 11.7. The number of benzene rings is 1. The summed E-state index contributed by atoms with van der Waals surface area (Å²) in [5.41, 5.74) is 1.76. The second-order valence-electron chi connectivity index (χ2n) is 4.55. The van der Waals surface area contributed by atoms with Crippen LogP contribution in [0.1, 0.15) is 11.3 Å². The van der Waals surface area contributed by atoms with Gasteiger partial charge in [0.2, 0.25) is 5.43 Å². The first-order valence-electron chi connectivity index (χ1n) is 6.40. The van der Waals surface area contributed by atoms with E-state index in [4.69, 9.17) is 9.84 Å². The molecule has 1 aromatic carbocycles. The molecule has 1 aromatic heterocycles. The summed E-state index contributed by atoms with van der Waals surface area (Å²) in [6.45, 7) is 1.43. The Morgan fingerprint density at radius 3 is 2.67 bits per heavy atom. The van der Waals surface area contributed by atoms with Crippen molar-refractivity contribution >= 4 is 11.6 Å². The van der Waals surface area contributed by atoms with Crippen LogP contribution in [0.2, 0.25) is 0 Å². The number of aliphatic hydroxyl groups excluding tert-OH is 1. The molecular weight excluding hydrogens is 272 g/mol. The number of nitrogens with one attached hydrogen (secondary N) is 2. The molecule has 0 saturated heterocycles. The number of hydrogen-bond acceptors (Lipinski definition) is 4. The van der Waals surface area contributed by atoms with Gasteiger partial charge in [-0.2, -0.15) is 0 Å². The van der Waals surface area contributed by atoms with Crippen molar-refractivity contribution in [3.63, 3.8) is 0 Å². The van der Waals surface area contributed by atoms with Crippen molar-refractivity contribution in [1.29, 1.82) is 0 Å². The molecule has 0 aliphatic heterocycles. The van der Waals surface area contributed by atoms with Gasteiger partial charge in [-0.15, -0.1) is 0 Å². The van der Waals surface area contributed by atoms with E-state index in [0.29, 0.717) is 11.4 Å². The zero-order chi connectivity index (χ0) is 15.2. The third-order valence-corrected chi connectivity index (χ3v) is 2.80. The molecule has 0 fully saturated rings. The number of ether oxygens (including phenoxy) is 1. The van der Waals surface area contributed by atoms with E-state index in [0.717, 1.165) is 5.56 Å². The third-order valence-electron chi connectivity index (χ3n) is 2.80. The Balaban J connectivity index is 1.92. The highest BCUT2D eigenvalue weighted by molar-refractivity contribution is 5.91. The Labute approximate surface area is 121 Å². The molecule has 0 aliphatic carbocycles. The molecule has 6 nitrogen and oxygen atoms in total. The molecular formula is C15H16N2O4. The van der Waals surface area contributed by atoms with Gasteiger partial charge in [0.1, 0.15) is 0 Å². The predicted octanol–water partition coefficient (Wildman–Crippen LogP) is 1.19. The number of H-pyrrole nitrogens is 1. The van der Waals surface area contributed by atoms with Crippen molar-refractivity contribution in [2.45, 2.75) is 13.5 Å². The van der Waals surface area contributed by atoms with Crippen molar-refractivity contribution in [3.05, 3.63) is 58.0 Å². The molecule has 2 rings (SSSR count). The Morgan fingerprint density at radius 2 is 2.05 bits per heavy atom. The van der Waals surface area contributed by atoms with Gasteiger partial charge in [0.05, 0.1) is 6.61 Å². The van der Waals surface area contributed by atoms with E-state index in [9.17, 15) is 9.59 Å². The van der Waals surface area contributed by atoms with E-state index in [1.165, 1.54) is 12.3 Å². The molecule has 0 bridgehead atoms. The van der Waals surface area contributed by atoms with Gasteiger partial charge in [-0.05, 0) is 19.1 Å². The molecule has 110 valence electrons. The Bertz CT molecular complexity index is 677. The van der Waals surface area contributed by atoms with Crippen molar-refractivity contribution in [2.75, 3.05) is 11.9 Å². The average molecular weight is 288 g/mol. The van der Waals surface area contributed by atoms with Crippen LogP contribution in [0.5, 0.6) is 5.75 Å². The minimum atomic E-state index is -0.388. The standard InChI is InChI=1S/C15H16N2O4/c1-10-2-4-11(5-3-10)17-15(20)9-21-14-7-16-12(8-18)6-13(14)19/h2-7,18H,8-9H2,1H3,(H,16,19)(H,17,20). The number of pyridine rings is 1. The fourth-order valence-corrected chi connectivity index (χ4v) is 1.68. The van der Waals surface area contributed by atoms with E-state index < -0.39 is 0 Å². The van der Waals surface area contributed by atoms with E-state index in [1.54, 1.807) is 12.1 Å².